The molecular formula is C21H27N3O5S. The van der Waals surface area contributed by atoms with Crippen LogP contribution in [-0.2, 0) is 21.2 Å². The smallest absolute Gasteiger partial charge is 0.251 e. The fourth-order valence-electron chi connectivity index (χ4n) is 2.72. The molecule has 0 spiro atoms. The highest BCUT2D eigenvalue weighted by Crippen LogP contribution is 2.25. The van der Waals surface area contributed by atoms with Gasteiger partial charge in [-0.2, -0.15) is 0 Å². The van der Waals surface area contributed by atoms with Gasteiger partial charge in [0.15, 0.2) is 0 Å². The van der Waals surface area contributed by atoms with Gasteiger partial charge in [-0.05, 0) is 44.0 Å². The van der Waals surface area contributed by atoms with Gasteiger partial charge in [0.05, 0.1) is 13.7 Å². The van der Waals surface area contributed by atoms with E-state index in [9.17, 15) is 18.0 Å². The van der Waals surface area contributed by atoms with Crippen LogP contribution in [0.25, 0.3) is 0 Å². The van der Waals surface area contributed by atoms with Crippen LogP contribution in [0.2, 0.25) is 0 Å². The zero-order valence-corrected chi connectivity index (χ0v) is 18.1. The standard InChI is InChI=1S/C21H27N3O5S/c1-15(2)24-30(27,28)19-13-17(9-10-18(19)29-3)21(26)23-14-20(25)22-12-11-16-7-5-4-6-8-16/h4-10,13,15,24H,11-12,14H2,1-3H3,(H,22,25)(H,23,26). The highest BCUT2D eigenvalue weighted by molar-refractivity contribution is 7.89. The van der Waals surface area contributed by atoms with Crippen LogP contribution in [0.4, 0.5) is 0 Å². The normalized spacial score (nSPS) is 11.2. The van der Waals surface area contributed by atoms with Gasteiger partial charge in [0.25, 0.3) is 5.91 Å². The number of benzene rings is 2. The second-order valence-electron chi connectivity index (χ2n) is 6.91. The Balaban J connectivity index is 1.96. The molecule has 9 heteroatoms. The Hall–Kier alpha value is -2.91. The molecule has 2 aromatic carbocycles. The van der Waals surface area contributed by atoms with Crippen LogP contribution >= 0.6 is 0 Å². The Morgan fingerprint density at radius 3 is 2.37 bits per heavy atom. The molecule has 2 aromatic rings. The third kappa shape index (κ3) is 6.85. The SMILES string of the molecule is COc1ccc(C(=O)NCC(=O)NCCc2ccccc2)cc1S(=O)(=O)NC(C)C. The van der Waals surface area contributed by atoms with Gasteiger partial charge in [0.1, 0.15) is 10.6 Å². The summed E-state index contributed by atoms with van der Waals surface area (Å²) < 4.78 is 32.6. The number of rotatable bonds is 10. The molecule has 8 nitrogen and oxygen atoms in total. The maximum atomic E-state index is 12.5. The van der Waals surface area contributed by atoms with Crippen LogP contribution in [0, 0.1) is 0 Å². The molecule has 162 valence electrons. The average Bonchev–Trinajstić information content (AvgIpc) is 2.71. The van der Waals surface area contributed by atoms with Crippen LogP contribution in [0.1, 0.15) is 29.8 Å². The van der Waals surface area contributed by atoms with Crippen LogP contribution in [0.5, 0.6) is 5.75 Å². The van der Waals surface area contributed by atoms with E-state index in [0.29, 0.717) is 13.0 Å². The number of amides is 2. The lowest BCUT2D eigenvalue weighted by Crippen LogP contribution is -2.37. The number of hydrogen-bond donors (Lipinski definition) is 3. The van der Waals surface area contributed by atoms with Crippen molar-refractivity contribution in [1.82, 2.24) is 15.4 Å². The van der Waals surface area contributed by atoms with Crippen molar-refractivity contribution in [1.29, 1.82) is 0 Å². The molecule has 0 bridgehead atoms. The molecule has 0 fully saturated rings. The maximum absolute atomic E-state index is 12.5. The van der Waals surface area contributed by atoms with E-state index in [1.54, 1.807) is 13.8 Å². The number of methoxy groups -OCH3 is 1. The van der Waals surface area contributed by atoms with Gasteiger partial charge in [-0.25, -0.2) is 13.1 Å². The Morgan fingerprint density at radius 2 is 1.73 bits per heavy atom. The topological polar surface area (TPSA) is 114 Å². The zero-order chi connectivity index (χ0) is 22.1. The largest absolute Gasteiger partial charge is 0.495 e. The third-order valence-corrected chi connectivity index (χ3v) is 5.77. The molecule has 0 aromatic heterocycles. The highest BCUT2D eigenvalue weighted by atomic mass is 32.2. The van der Waals surface area contributed by atoms with E-state index in [4.69, 9.17) is 4.74 Å². The minimum atomic E-state index is -3.86. The number of nitrogens with one attached hydrogen (secondary N) is 3. The minimum Gasteiger partial charge on any atom is -0.495 e. The molecule has 0 atom stereocenters. The Morgan fingerprint density at radius 1 is 1.03 bits per heavy atom. The van der Waals surface area contributed by atoms with Crippen molar-refractivity contribution in [2.24, 2.45) is 0 Å². The van der Waals surface area contributed by atoms with Gasteiger partial charge in [-0.15, -0.1) is 0 Å². The molecule has 0 aliphatic carbocycles. The molecule has 0 aliphatic heterocycles. The second-order valence-corrected chi connectivity index (χ2v) is 8.59. The summed E-state index contributed by atoms with van der Waals surface area (Å²) in [5.74, 6) is -0.766. The molecule has 30 heavy (non-hydrogen) atoms. The fraction of sp³-hybridized carbons (Fsp3) is 0.333. The quantitative estimate of drug-likeness (QED) is 0.525. The lowest BCUT2D eigenvalue weighted by Gasteiger charge is -2.14. The molecule has 0 radical (unpaired) electrons. The minimum absolute atomic E-state index is 0.108. The lowest BCUT2D eigenvalue weighted by atomic mass is 10.1. The van der Waals surface area contributed by atoms with Gasteiger partial charge >= 0.3 is 0 Å². The first-order valence-corrected chi connectivity index (χ1v) is 11.0. The van der Waals surface area contributed by atoms with Gasteiger partial charge < -0.3 is 15.4 Å². The van der Waals surface area contributed by atoms with Crippen molar-refractivity contribution in [3.63, 3.8) is 0 Å². The first kappa shape index (κ1) is 23.4. The zero-order valence-electron chi connectivity index (χ0n) is 17.3. The van der Waals surface area contributed by atoms with Crippen LogP contribution in [-0.4, -0.2) is 46.5 Å². The second kappa shape index (κ2) is 10.7. The van der Waals surface area contributed by atoms with Crippen molar-refractivity contribution in [3.05, 3.63) is 59.7 Å². The van der Waals surface area contributed by atoms with E-state index in [1.165, 1.54) is 25.3 Å². The number of hydrogen-bond acceptors (Lipinski definition) is 5. The molecule has 0 unspecified atom stereocenters. The molecule has 0 aliphatic rings. The van der Waals surface area contributed by atoms with Crippen molar-refractivity contribution >= 4 is 21.8 Å². The summed E-state index contributed by atoms with van der Waals surface area (Å²) in [5, 5.41) is 5.23. The molecule has 2 amide bonds. The van der Waals surface area contributed by atoms with Crippen LogP contribution in [0.15, 0.2) is 53.4 Å². The van der Waals surface area contributed by atoms with Crippen molar-refractivity contribution in [2.45, 2.75) is 31.2 Å². The first-order chi connectivity index (χ1) is 14.2. The number of sulfonamides is 1. The summed E-state index contributed by atoms with van der Waals surface area (Å²) in [6.07, 6.45) is 0.684. The summed E-state index contributed by atoms with van der Waals surface area (Å²) in [5.41, 5.74) is 1.21. The van der Waals surface area contributed by atoms with Crippen molar-refractivity contribution in [2.75, 3.05) is 20.2 Å². The Kier molecular flexibility index (Phi) is 8.37. The summed E-state index contributed by atoms with van der Waals surface area (Å²) in [4.78, 5) is 24.2. The summed E-state index contributed by atoms with van der Waals surface area (Å²) in [6.45, 7) is 3.62. The molecule has 3 N–H and O–H groups in total. The molecule has 2 rings (SSSR count). The Bertz CT molecular complexity index is 975. The Labute approximate surface area is 177 Å². The van der Waals surface area contributed by atoms with E-state index >= 15 is 0 Å². The van der Waals surface area contributed by atoms with Gasteiger partial charge in [0.2, 0.25) is 15.9 Å². The van der Waals surface area contributed by atoms with Gasteiger partial charge in [-0.1, -0.05) is 30.3 Å². The molecule has 0 saturated carbocycles. The third-order valence-electron chi connectivity index (χ3n) is 4.09. The molecular weight excluding hydrogens is 406 g/mol. The molecule has 0 saturated heterocycles. The lowest BCUT2D eigenvalue weighted by molar-refractivity contribution is -0.120. The van der Waals surface area contributed by atoms with E-state index in [-0.39, 0.29) is 34.7 Å². The fourth-order valence-corrected chi connectivity index (χ4v) is 4.16. The van der Waals surface area contributed by atoms with Gasteiger partial charge in [0, 0.05) is 18.2 Å². The summed E-state index contributed by atoms with van der Waals surface area (Å²) >= 11 is 0. The van der Waals surface area contributed by atoms with Gasteiger partial charge in [-0.3, -0.25) is 9.59 Å². The monoisotopic (exact) mass is 433 g/mol. The predicted octanol–water partition coefficient (Wildman–Crippen LogP) is 1.47. The number of ether oxygens (including phenoxy) is 1. The van der Waals surface area contributed by atoms with E-state index < -0.39 is 15.9 Å². The predicted molar refractivity (Wildman–Crippen MR) is 114 cm³/mol. The maximum Gasteiger partial charge on any atom is 0.251 e. The van der Waals surface area contributed by atoms with E-state index in [1.807, 2.05) is 30.3 Å². The van der Waals surface area contributed by atoms with Crippen LogP contribution < -0.4 is 20.1 Å². The van der Waals surface area contributed by atoms with Crippen molar-refractivity contribution < 1.29 is 22.7 Å². The average molecular weight is 434 g/mol. The molecule has 0 heterocycles. The summed E-state index contributed by atoms with van der Waals surface area (Å²) in [7, 11) is -2.51. The summed E-state index contributed by atoms with van der Waals surface area (Å²) in [6, 6.07) is 13.5. The van der Waals surface area contributed by atoms with Crippen molar-refractivity contribution in [3.8, 4) is 5.75 Å². The highest BCUT2D eigenvalue weighted by Gasteiger charge is 2.22. The van der Waals surface area contributed by atoms with E-state index in [2.05, 4.69) is 15.4 Å². The first-order valence-electron chi connectivity index (χ1n) is 9.52. The number of carbonyl (C=O) groups excluding carboxylic acids is 2. The number of carbonyl (C=O) groups is 2. The van der Waals surface area contributed by atoms with Crippen LogP contribution in [0.3, 0.4) is 0 Å². The van der Waals surface area contributed by atoms with E-state index in [0.717, 1.165) is 5.56 Å².